The summed E-state index contributed by atoms with van der Waals surface area (Å²) in [6.07, 6.45) is 1.93. The predicted molar refractivity (Wildman–Crippen MR) is 68.2 cm³/mol. The van der Waals surface area contributed by atoms with Crippen molar-refractivity contribution in [3.05, 3.63) is 29.8 Å². The summed E-state index contributed by atoms with van der Waals surface area (Å²) in [6, 6.07) is 7.41. The third-order valence-corrected chi connectivity index (χ3v) is 2.70. The summed E-state index contributed by atoms with van der Waals surface area (Å²) in [5.74, 6) is 0. The molecule has 0 spiro atoms. The molecule has 1 unspecified atom stereocenters. The molecule has 1 aromatic carbocycles. The third kappa shape index (κ3) is 4.21. The number of aliphatic hydroxyl groups excluding tert-OH is 1. The minimum Gasteiger partial charge on any atom is -0.399 e. The van der Waals surface area contributed by atoms with Crippen molar-refractivity contribution >= 4 is 5.69 Å². The maximum absolute atomic E-state index is 10.00. The van der Waals surface area contributed by atoms with Gasteiger partial charge in [0, 0.05) is 12.2 Å². The quantitative estimate of drug-likeness (QED) is 0.724. The molecular formula is C13H22N2O. The fraction of sp³-hybridized carbons (Fsp3) is 0.538. The Labute approximate surface area is 97.9 Å². The molecule has 0 bridgehead atoms. The van der Waals surface area contributed by atoms with Gasteiger partial charge in [-0.2, -0.15) is 0 Å². The molecule has 0 saturated heterocycles. The zero-order valence-corrected chi connectivity index (χ0v) is 10.2. The monoisotopic (exact) mass is 222 g/mol. The van der Waals surface area contributed by atoms with Gasteiger partial charge in [-0.15, -0.1) is 0 Å². The molecule has 0 aliphatic heterocycles. The van der Waals surface area contributed by atoms with E-state index in [0.717, 1.165) is 17.8 Å². The molecule has 90 valence electrons. The molecule has 0 heterocycles. The Bertz CT molecular complexity index is 297. The Morgan fingerprint density at radius 3 is 2.50 bits per heavy atom. The van der Waals surface area contributed by atoms with Crippen LogP contribution in [0.2, 0.25) is 0 Å². The van der Waals surface area contributed by atoms with E-state index in [2.05, 4.69) is 11.8 Å². The number of aliphatic hydroxyl groups is 1. The van der Waals surface area contributed by atoms with Crippen molar-refractivity contribution in [3.8, 4) is 0 Å². The van der Waals surface area contributed by atoms with E-state index in [4.69, 9.17) is 5.73 Å². The van der Waals surface area contributed by atoms with Crippen LogP contribution in [0.5, 0.6) is 0 Å². The zero-order valence-electron chi connectivity index (χ0n) is 10.2. The van der Waals surface area contributed by atoms with E-state index in [1.807, 2.05) is 31.3 Å². The maximum Gasteiger partial charge on any atom is 0.0916 e. The molecule has 3 N–H and O–H groups in total. The summed E-state index contributed by atoms with van der Waals surface area (Å²) in [4.78, 5) is 2.16. The molecule has 1 aromatic rings. The van der Waals surface area contributed by atoms with Crippen molar-refractivity contribution < 1.29 is 5.11 Å². The Kier molecular flexibility index (Phi) is 5.29. The highest BCUT2D eigenvalue weighted by Crippen LogP contribution is 2.15. The lowest BCUT2D eigenvalue weighted by Crippen LogP contribution is -2.25. The van der Waals surface area contributed by atoms with Gasteiger partial charge in [0.05, 0.1) is 6.10 Å². The van der Waals surface area contributed by atoms with Gasteiger partial charge in [0.2, 0.25) is 0 Å². The lowest BCUT2D eigenvalue weighted by molar-refractivity contribution is 0.126. The molecule has 0 aliphatic carbocycles. The summed E-state index contributed by atoms with van der Waals surface area (Å²) in [6.45, 7) is 3.87. The Morgan fingerprint density at radius 1 is 1.31 bits per heavy atom. The number of nitrogens with two attached hydrogens (primary N) is 1. The van der Waals surface area contributed by atoms with E-state index in [1.54, 1.807) is 0 Å². The first-order valence-electron chi connectivity index (χ1n) is 5.85. The number of nitrogen functional groups attached to an aromatic ring is 1. The van der Waals surface area contributed by atoms with Gasteiger partial charge in [0.25, 0.3) is 0 Å². The van der Waals surface area contributed by atoms with Gasteiger partial charge in [-0.3, -0.25) is 0 Å². The molecule has 0 fully saturated rings. The predicted octanol–water partition coefficient (Wildman–Crippen LogP) is 2.03. The first-order chi connectivity index (χ1) is 7.63. The van der Waals surface area contributed by atoms with Crippen molar-refractivity contribution in [2.45, 2.75) is 25.9 Å². The van der Waals surface area contributed by atoms with Crippen molar-refractivity contribution in [3.63, 3.8) is 0 Å². The van der Waals surface area contributed by atoms with E-state index < -0.39 is 6.10 Å². The maximum atomic E-state index is 10.00. The van der Waals surface area contributed by atoms with Crippen LogP contribution < -0.4 is 5.73 Å². The van der Waals surface area contributed by atoms with Gasteiger partial charge < -0.3 is 15.7 Å². The molecule has 3 nitrogen and oxygen atoms in total. The van der Waals surface area contributed by atoms with Gasteiger partial charge in [-0.1, -0.05) is 25.5 Å². The molecule has 3 heteroatoms. The highest BCUT2D eigenvalue weighted by atomic mass is 16.3. The number of nitrogens with zero attached hydrogens (tertiary/aromatic N) is 1. The first kappa shape index (κ1) is 13.0. The fourth-order valence-electron chi connectivity index (χ4n) is 1.64. The van der Waals surface area contributed by atoms with Gasteiger partial charge in [-0.25, -0.2) is 0 Å². The van der Waals surface area contributed by atoms with Gasteiger partial charge in [0.15, 0.2) is 0 Å². The number of anilines is 1. The zero-order chi connectivity index (χ0) is 12.0. The van der Waals surface area contributed by atoms with E-state index in [-0.39, 0.29) is 0 Å². The van der Waals surface area contributed by atoms with Crippen molar-refractivity contribution in [2.24, 2.45) is 0 Å². The minimum absolute atomic E-state index is 0.428. The smallest absolute Gasteiger partial charge is 0.0916 e. The Hall–Kier alpha value is -1.06. The number of hydrogen-bond acceptors (Lipinski definition) is 3. The molecule has 0 saturated carbocycles. The van der Waals surface area contributed by atoms with Crippen LogP contribution in [-0.2, 0) is 0 Å². The summed E-state index contributed by atoms with van der Waals surface area (Å²) in [5, 5.41) is 10.00. The van der Waals surface area contributed by atoms with Crippen LogP contribution in [0.15, 0.2) is 24.3 Å². The molecule has 1 rings (SSSR count). The second-order valence-corrected chi connectivity index (χ2v) is 4.30. The molecule has 0 aliphatic rings. The highest BCUT2D eigenvalue weighted by Gasteiger charge is 2.09. The van der Waals surface area contributed by atoms with Crippen LogP contribution in [0, 0.1) is 0 Å². The van der Waals surface area contributed by atoms with Crippen LogP contribution in [0.3, 0.4) is 0 Å². The topological polar surface area (TPSA) is 49.5 Å². The van der Waals surface area contributed by atoms with Crippen LogP contribution in [0.25, 0.3) is 0 Å². The summed E-state index contributed by atoms with van der Waals surface area (Å²) >= 11 is 0. The van der Waals surface area contributed by atoms with Crippen molar-refractivity contribution in [1.29, 1.82) is 0 Å². The normalized spacial score (nSPS) is 13.0. The molecule has 1 atom stereocenters. The average Bonchev–Trinajstić information content (AvgIpc) is 2.27. The lowest BCUT2D eigenvalue weighted by Gasteiger charge is -2.20. The Morgan fingerprint density at radius 2 is 1.94 bits per heavy atom. The molecule has 16 heavy (non-hydrogen) atoms. The van der Waals surface area contributed by atoms with Crippen LogP contribution in [0.4, 0.5) is 5.69 Å². The second kappa shape index (κ2) is 6.51. The number of likely N-dealkylation sites (N-methyl/N-ethyl adjacent to an activating group) is 1. The number of rotatable bonds is 6. The summed E-state index contributed by atoms with van der Waals surface area (Å²) in [7, 11) is 2.04. The van der Waals surface area contributed by atoms with Gasteiger partial charge in [0.1, 0.15) is 0 Å². The molecule has 0 amide bonds. The SMILES string of the molecule is CCCCN(C)CC(O)c1ccc(N)cc1. The van der Waals surface area contributed by atoms with Crippen molar-refractivity contribution in [1.82, 2.24) is 4.90 Å². The van der Waals surface area contributed by atoms with Crippen LogP contribution >= 0.6 is 0 Å². The van der Waals surface area contributed by atoms with Crippen LogP contribution in [0.1, 0.15) is 31.4 Å². The Balaban J connectivity index is 2.45. The largest absolute Gasteiger partial charge is 0.399 e. The third-order valence-electron chi connectivity index (χ3n) is 2.70. The minimum atomic E-state index is -0.428. The number of benzene rings is 1. The molecule has 0 aromatic heterocycles. The molecular weight excluding hydrogens is 200 g/mol. The van der Waals surface area contributed by atoms with Crippen molar-refractivity contribution in [2.75, 3.05) is 25.9 Å². The van der Waals surface area contributed by atoms with E-state index in [9.17, 15) is 5.11 Å². The number of hydrogen-bond donors (Lipinski definition) is 2. The van der Waals surface area contributed by atoms with E-state index in [1.165, 1.54) is 12.8 Å². The standard InChI is InChI=1S/C13H22N2O/c1-3-4-9-15(2)10-13(16)11-5-7-12(14)8-6-11/h5-8,13,16H,3-4,9-10,14H2,1-2H3. The lowest BCUT2D eigenvalue weighted by atomic mass is 10.1. The fourth-order valence-corrected chi connectivity index (χ4v) is 1.64. The van der Waals surface area contributed by atoms with Gasteiger partial charge in [-0.05, 0) is 37.7 Å². The summed E-state index contributed by atoms with van der Waals surface area (Å²) in [5.41, 5.74) is 7.26. The highest BCUT2D eigenvalue weighted by molar-refractivity contribution is 5.39. The van der Waals surface area contributed by atoms with Gasteiger partial charge >= 0.3 is 0 Å². The van der Waals surface area contributed by atoms with Crippen LogP contribution in [-0.4, -0.2) is 30.1 Å². The van der Waals surface area contributed by atoms with E-state index in [0.29, 0.717) is 6.54 Å². The second-order valence-electron chi connectivity index (χ2n) is 4.30. The summed E-state index contributed by atoms with van der Waals surface area (Å²) < 4.78 is 0. The molecule has 0 radical (unpaired) electrons. The first-order valence-corrected chi connectivity index (χ1v) is 5.85. The van der Waals surface area contributed by atoms with E-state index >= 15 is 0 Å². The number of unbranched alkanes of at least 4 members (excludes halogenated alkanes) is 1. The average molecular weight is 222 g/mol.